The number of benzene rings is 1. The van der Waals surface area contributed by atoms with Crippen LogP contribution in [-0.2, 0) is 13.5 Å². The topological polar surface area (TPSA) is 38.0 Å². The Morgan fingerprint density at radius 2 is 2.11 bits per heavy atom. The van der Waals surface area contributed by atoms with Gasteiger partial charge in [-0.15, -0.1) is 0 Å². The smallest absolute Gasteiger partial charge is 0.0860 e. The van der Waals surface area contributed by atoms with E-state index in [2.05, 4.69) is 21.0 Å². The van der Waals surface area contributed by atoms with Crippen LogP contribution in [0.5, 0.6) is 0 Å². The molecule has 19 heavy (non-hydrogen) atoms. The summed E-state index contributed by atoms with van der Waals surface area (Å²) in [5, 5.41) is 15.6. The summed E-state index contributed by atoms with van der Waals surface area (Å²) in [5.74, 6) is 0. The van der Waals surface area contributed by atoms with Gasteiger partial charge in [-0.2, -0.15) is 5.10 Å². The van der Waals surface area contributed by atoms with Crippen molar-refractivity contribution in [2.75, 3.05) is 0 Å². The number of nitrogens with zero attached hydrogens (tertiary/aromatic N) is 2. The highest BCUT2D eigenvalue weighted by atomic mass is 79.9. The van der Waals surface area contributed by atoms with Crippen molar-refractivity contribution in [3.63, 3.8) is 0 Å². The number of aromatic nitrogens is 2. The third-order valence-electron chi connectivity index (χ3n) is 2.97. The van der Waals surface area contributed by atoms with E-state index in [1.807, 2.05) is 20.0 Å². The molecule has 1 heterocycles. The van der Waals surface area contributed by atoms with Gasteiger partial charge in [0.1, 0.15) is 0 Å². The fourth-order valence-corrected chi connectivity index (χ4v) is 3.00. The average molecular weight is 364 g/mol. The first-order valence-electron chi connectivity index (χ1n) is 5.71. The zero-order chi connectivity index (χ0) is 14.2. The summed E-state index contributed by atoms with van der Waals surface area (Å²) >= 11 is 15.6. The molecule has 2 aromatic rings. The van der Waals surface area contributed by atoms with Crippen LogP contribution in [0.4, 0.5) is 0 Å². The van der Waals surface area contributed by atoms with Gasteiger partial charge in [0.15, 0.2) is 0 Å². The van der Waals surface area contributed by atoms with Crippen LogP contribution >= 0.6 is 39.1 Å². The third-order valence-corrected chi connectivity index (χ3v) is 4.28. The zero-order valence-electron chi connectivity index (χ0n) is 10.5. The van der Waals surface area contributed by atoms with Crippen molar-refractivity contribution in [3.8, 4) is 0 Å². The van der Waals surface area contributed by atoms with Gasteiger partial charge in [0.25, 0.3) is 0 Å². The Balaban J connectivity index is 2.28. The van der Waals surface area contributed by atoms with E-state index < -0.39 is 6.10 Å². The molecular formula is C13H13BrCl2N2O. The molecule has 0 spiro atoms. The van der Waals surface area contributed by atoms with Gasteiger partial charge in [-0.05, 0) is 24.6 Å². The molecule has 0 bridgehead atoms. The van der Waals surface area contributed by atoms with Crippen LogP contribution < -0.4 is 0 Å². The highest BCUT2D eigenvalue weighted by Crippen LogP contribution is 2.30. The number of aliphatic hydroxyl groups excluding tert-OH is 1. The minimum Gasteiger partial charge on any atom is -0.388 e. The van der Waals surface area contributed by atoms with Crippen molar-refractivity contribution >= 4 is 39.1 Å². The van der Waals surface area contributed by atoms with E-state index in [1.54, 1.807) is 16.8 Å². The zero-order valence-corrected chi connectivity index (χ0v) is 13.6. The summed E-state index contributed by atoms with van der Waals surface area (Å²) in [7, 11) is 1.81. The van der Waals surface area contributed by atoms with Crippen molar-refractivity contribution < 1.29 is 5.11 Å². The number of hydrogen-bond donors (Lipinski definition) is 1. The summed E-state index contributed by atoms with van der Waals surface area (Å²) in [6.07, 6.45) is -0.342. The van der Waals surface area contributed by atoms with Crippen molar-refractivity contribution in [3.05, 3.63) is 49.7 Å². The first-order chi connectivity index (χ1) is 8.90. The number of hydrogen-bond acceptors (Lipinski definition) is 2. The maximum atomic E-state index is 10.3. The molecule has 0 fully saturated rings. The molecule has 0 aliphatic rings. The number of halogens is 3. The van der Waals surface area contributed by atoms with Crippen molar-refractivity contribution in [2.45, 2.75) is 19.4 Å². The van der Waals surface area contributed by atoms with Crippen LogP contribution in [-0.4, -0.2) is 14.9 Å². The van der Waals surface area contributed by atoms with Gasteiger partial charge >= 0.3 is 0 Å². The quantitative estimate of drug-likeness (QED) is 0.892. The summed E-state index contributed by atoms with van der Waals surface area (Å²) in [6.45, 7) is 1.84. The molecule has 0 amide bonds. The predicted molar refractivity (Wildman–Crippen MR) is 80.8 cm³/mol. The van der Waals surface area contributed by atoms with Gasteiger partial charge in [0.05, 0.1) is 22.5 Å². The van der Waals surface area contributed by atoms with E-state index in [4.69, 9.17) is 23.2 Å². The van der Waals surface area contributed by atoms with Crippen LogP contribution in [0.15, 0.2) is 22.7 Å². The highest BCUT2D eigenvalue weighted by molar-refractivity contribution is 9.10. The van der Waals surface area contributed by atoms with Crippen molar-refractivity contribution in [2.24, 2.45) is 7.05 Å². The number of aryl methyl sites for hydroxylation is 2. The molecule has 6 heteroatoms. The second-order valence-electron chi connectivity index (χ2n) is 4.36. The monoisotopic (exact) mass is 362 g/mol. The number of rotatable bonds is 3. The Morgan fingerprint density at radius 1 is 1.42 bits per heavy atom. The predicted octanol–water partition coefficient (Wildman–Crippen LogP) is 4.07. The molecule has 0 radical (unpaired) electrons. The fraction of sp³-hybridized carbons (Fsp3) is 0.308. The molecule has 1 unspecified atom stereocenters. The van der Waals surface area contributed by atoms with Crippen LogP contribution in [0.2, 0.25) is 10.0 Å². The minimum absolute atomic E-state index is 0.373. The van der Waals surface area contributed by atoms with Gasteiger partial charge in [-0.25, -0.2) is 0 Å². The summed E-state index contributed by atoms with van der Waals surface area (Å²) in [5.41, 5.74) is 2.23. The van der Waals surface area contributed by atoms with E-state index in [-0.39, 0.29) is 0 Å². The van der Waals surface area contributed by atoms with Gasteiger partial charge in [-0.1, -0.05) is 45.2 Å². The third kappa shape index (κ3) is 3.14. The molecule has 1 N–H and O–H groups in total. The van der Waals surface area contributed by atoms with Crippen LogP contribution in [0, 0.1) is 6.92 Å². The Morgan fingerprint density at radius 3 is 2.63 bits per heavy atom. The molecule has 2 rings (SSSR count). The van der Waals surface area contributed by atoms with E-state index in [1.165, 1.54) is 0 Å². The molecule has 0 aliphatic carbocycles. The van der Waals surface area contributed by atoms with E-state index in [9.17, 15) is 5.11 Å². The fourth-order valence-electron chi connectivity index (χ4n) is 1.97. The normalized spacial score (nSPS) is 12.7. The first-order valence-corrected chi connectivity index (χ1v) is 7.26. The summed E-state index contributed by atoms with van der Waals surface area (Å²) < 4.78 is 2.57. The van der Waals surface area contributed by atoms with E-state index >= 15 is 0 Å². The Bertz CT molecular complexity index is 613. The molecule has 0 aliphatic heterocycles. The summed E-state index contributed by atoms with van der Waals surface area (Å²) in [4.78, 5) is 0. The van der Waals surface area contributed by atoms with Gasteiger partial charge in [0, 0.05) is 23.0 Å². The molecule has 1 aromatic carbocycles. The van der Waals surface area contributed by atoms with Crippen LogP contribution in [0.3, 0.4) is 0 Å². The molecule has 1 aromatic heterocycles. The van der Waals surface area contributed by atoms with Crippen molar-refractivity contribution in [1.82, 2.24) is 9.78 Å². The standard InChI is InChI=1S/C13H13BrCl2N2O/c1-7-13(16)11(18(2)17-7)6-12(19)9-4-3-8(14)5-10(9)15/h3-5,12,19H,6H2,1-2H3. The second-order valence-corrected chi connectivity index (χ2v) is 6.06. The lowest BCUT2D eigenvalue weighted by Gasteiger charge is -2.13. The van der Waals surface area contributed by atoms with Gasteiger partial charge < -0.3 is 5.11 Å². The second kappa shape index (κ2) is 5.83. The SMILES string of the molecule is Cc1nn(C)c(CC(O)c2ccc(Br)cc2Cl)c1Cl. The first kappa shape index (κ1) is 14.9. The van der Waals surface area contributed by atoms with E-state index in [0.717, 1.165) is 15.9 Å². The molecule has 102 valence electrons. The summed E-state index contributed by atoms with van der Waals surface area (Å²) in [6, 6.07) is 5.41. The van der Waals surface area contributed by atoms with Crippen LogP contribution in [0.25, 0.3) is 0 Å². The van der Waals surface area contributed by atoms with Crippen molar-refractivity contribution in [1.29, 1.82) is 0 Å². The molecule has 0 saturated heterocycles. The van der Waals surface area contributed by atoms with Crippen LogP contribution in [0.1, 0.15) is 23.1 Å². The molecule has 0 saturated carbocycles. The molecule has 1 atom stereocenters. The van der Waals surface area contributed by atoms with Gasteiger partial charge in [0.2, 0.25) is 0 Å². The highest BCUT2D eigenvalue weighted by Gasteiger charge is 2.18. The lowest BCUT2D eigenvalue weighted by atomic mass is 10.0. The Kier molecular flexibility index (Phi) is 4.56. The average Bonchev–Trinajstić information content (AvgIpc) is 2.56. The maximum absolute atomic E-state index is 10.3. The largest absolute Gasteiger partial charge is 0.388 e. The molecule has 3 nitrogen and oxygen atoms in total. The lowest BCUT2D eigenvalue weighted by Crippen LogP contribution is -2.07. The Labute approximate surface area is 130 Å². The minimum atomic E-state index is -0.715. The van der Waals surface area contributed by atoms with E-state index in [0.29, 0.717) is 22.0 Å². The Hall–Kier alpha value is -0.550. The maximum Gasteiger partial charge on any atom is 0.0860 e. The molecular weight excluding hydrogens is 351 g/mol. The lowest BCUT2D eigenvalue weighted by molar-refractivity contribution is 0.176. The van der Waals surface area contributed by atoms with Gasteiger partial charge in [-0.3, -0.25) is 4.68 Å². The number of aliphatic hydroxyl groups is 1.